The third-order valence-electron chi connectivity index (χ3n) is 3.79. The van der Waals surface area contributed by atoms with Gasteiger partial charge in [0.1, 0.15) is 5.75 Å². The maximum Gasteiger partial charge on any atom is 0.264 e. The van der Waals surface area contributed by atoms with Crippen LogP contribution >= 0.6 is 34.7 Å². The van der Waals surface area contributed by atoms with Crippen molar-refractivity contribution in [1.29, 1.82) is 0 Å². The fraction of sp³-hybridized carbons (Fsp3) is 0. The first-order valence-corrected chi connectivity index (χ1v) is 10.1. The van der Waals surface area contributed by atoms with E-state index in [2.05, 4.69) is 10.3 Å². The number of amides is 1. The topological polar surface area (TPSA) is 61.7 Å². The molecule has 0 saturated carbocycles. The predicted octanol–water partition coefficient (Wildman–Crippen LogP) is 5.67. The third kappa shape index (κ3) is 4.24. The molecule has 4 rings (SSSR count). The highest BCUT2D eigenvalue weighted by molar-refractivity contribution is 8.18. The Balaban J connectivity index is 1.53. The molecule has 27 heavy (non-hydrogen) atoms. The molecule has 134 valence electrons. The van der Waals surface area contributed by atoms with Gasteiger partial charge in [0.15, 0.2) is 5.17 Å². The molecule has 2 aromatic carbocycles. The maximum atomic E-state index is 12.2. The molecule has 0 atom stereocenters. The number of thiophene rings is 1. The second-order valence-electron chi connectivity index (χ2n) is 5.75. The van der Waals surface area contributed by atoms with Crippen LogP contribution in [0.2, 0.25) is 5.02 Å². The van der Waals surface area contributed by atoms with Crippen molar-refractivity contribution in [2.24, 2.45) is 4.99 Å². The zero-order valence-electron chi connectivity index (χ0n) is 13.8. The molecule has 1 aromatic heterocycles. The Morgan fingerprint density at radius 2 is 1.81 bits per heavy atom. The Bertz CT molecular complexity index is 1050. The first-order valence-electron chi connectivity index (χ1n) is 8.00. The average Bonchev–Trinajstić information content (AvgIpc) is 3.25. The van der Waals surface area contributed by atoms with Gasteiger partial charge in [0.25, 0.3) is 5.91 Å². The van der Waals surface area contributed by atoms with Gasteiger partial charge in [0.05, 0.1) is 10.6 Å². The van der Waals surface area contributed by atoms with Crippen LogP contribution in [0.15, 0.2) is 69.9 Å². The van der Waals surface area contributed by atoms with E-state index < -0.39 is 0 Å². The summed E-state index contributed by atoms with van der Waals surface area (Å²) in [7, 11) is 0. The van der Waals surface area contributed by atoms with Gasteiger partial charge in [-0.25, -0.2) is 4.99 Å². The van der Waals surface area contributed by atoms with E-state index in [1.54, 1.807) is 41.7 Å². The molecule has 0 aliphatic carbocycles. The molecule has 1 amide bonds. The second kappa shape index (κ2) is 7.60. The van der Waals surface area contributed by atoms with Gasteiger partial charge in [-0.2, -0.15) is 0 Å². The number of hydrogen-bond donors (Lipinski definition) is 2. The Morgan fingerprint density at radius 3 is 2.56 bits per heavy atom. The first kappa shape index (κ1) is 17.9. The smallest absolute Gasteiger partial charge is 0.264 e. The Labute approximate surface area is 169 Å². The number of phenols is 1. The van der Waals surface area contributed by atoms with E-state index in [4.69, 9.17) is 11.6 Å². The molecule has 0 unspecified atom stereocenters. The van der Waals surface area contributed by atoms with Gasteiger partial charge < -0.3 is 10.4 Å². The highest BCUT2D eigenvalue weighted by Crippen LogP contribution is 2.34. The number of halogens is 1. The van der Waals surface area contributed by atoms with Crippen molar-refractivity contribution in [3.63, 3.8) is 0 Å². The number of carbonyl (C=O) groups is 1. The fourth-order valence-electron chi connectivity index (χ4n) is 2.47. The number of nitrogens with zero attached hydrogens (tertiary/aromatic N) is 1. The summed E-state index contributed by atoms with van der Waals surface area (Å²) in [5.41, 5.74) is 2.71. The van der Waals surface area contributed by atoms with Crippen LogP contribution in [-0.2, 0) is 4.79 Å². The lowest BCUT2D eigenvalue weighted by molar-refractivity contribution is -0.115. The highest BCUT2D eigenvalue weighted by Gasteiger charge is 2.23. The largest absolute Gasteiger partial charge is 0.508 e. The number of hydrogen-bond acceptors (Lipinski definition) is 5. The van der Waals surface area contributed by atoms with Crippen molar-refractivity contribution in [3.05, 3.63) is 75.5 Å². The number of phenolic OH excluding ortho intramolecular Hbond substituents is 1. The summed E-state index contributed by atoms with van der Waals surface area (Å²) in [6.45, 7) is 0. The molecule has 1 saturated heterocycles. The molecule has 4 nitrogen and oxygen atoms in total. The fourth-order valence-corrected chi connectivity index (χ4v) is 4.27. The van der Waals surface area contributed by atoms with Crippen molar-refractivity contribution in [1.82, 2.24) is 5.32 Å². The molecule has 7 heteroatoms. The summed E-state index contributed by atoms with van der Waals surface area (Å²) in [6.07, 6.45) is 1.77. The molecule has 1 fully saturated rings. The van der Waals surface area contributed by atoms with Crippen LogP contribution in [0.5, 0.6) is 5.75 Å². The first-order chi connectivity index (χ1) is 13.1. The molecule has 0 bridgehead atoms. The molecular formula is C20H13ClN2O2S2. The van der Waals surface area contributed by atoms with Gasteiger partial charge in [0, 0.05) is 15.3 Å². The van der Waals surface area contributed by atoms with Gasteiger partial charge in [-0.15, -0.1) is 11.3 Å². The highest BCUT2D eigenvalue weighted by atomic mass is 35.5. The van der Waals surface area contributed by atoms with E-state index in [0.29, 0.717) is 15.1 Å². The number of benzene rings is 2. The standard InChI is InChI=1S/C20H13ClN2O2S2/c21-14-5-3-13(4-6-14)17-10-15(11-26-17)22-20-23-19(25)18(27-20)9-12-1-7-16(24)8-2-12/h1-11,24H,(H,22,23,25)/b18-9-. The molecular weight excluding hydrogens is 400 g/mol. The number of nitrogens with one attached hydrogen (secondary N) is 1. The van der Waals surface area contributed by atoms with Crippen LogP contribution in [0.25, 0.3) is 16.5 Å². The quantitative estimate of drug-likeness (QED) is 0.545. The van der Waals surface area contributed by atoms with Gasteiger partial charge in [0.2, 0.25) is 0 Å². The Hall–Kier alpha value is -2.54. The van der Waals surface area contributed by atoms with Crippen molar-refractivity contribution in [2.45, 2.75) is 0 Å². The lowest BCUT2D eigenvalue weighted by Gasteiger charge is -1.96. The SMILES string of the molecule is O=C1NC(=Nc2csc(-c3ccc(Cl)cc3)c2)S/C1=C\c1ccc(O)cc1. The summed E-state index contributed by atoms with van der Waals surface area (Å²) in [6, 6.07) is 16.3. The lowest BCUT2D eigenvalue weighted by Crippen LogP contribution is -2.19. The van der Waals surface area contributed by atoms with Crippen molar-refractivity contribution in [3.8, 4) is 16.2 Å². The lowest BCUT2D eigenvalue weighted by atomic mass is 10.2. The van der Waals surface area contributed by atoms with E-state index in [9.17, 15) is 9.90 Å². The molecule has 1 aliphatic rings. The second-order valence-corrected chi connectivity index (χ2v) is 8.13. The zero-order chi connectivity index (χ0) is 18.8. The zero-order valence-corrected chi connectivity index (χ0v) is 16.2. The summed E-state index contributed by atoms with van der Waals surface area (Å²) in [5.74, 6) is 0.0110. The monoisotopic (exact) mass is 412 g/mol. The summed E-state index contributed by atoms with van der Waals surface area (Å²) < 4.78 is 0. The van der Waals surface area contributed by atoms with Crippen LogP contribution in [0.4, 0.5) is 5.69 Å². The number of aromatic hydroxyl groups is 1. The summed E-state index contributed by atoms with van der Waals surface area (Å²) >= 11 is 8.81. The molecule has 0 spiro atoms. The number of aliphatic imine (C=N–C) groups is 1. The van der Waals surface area contributed by atoms with Gasteiger partial charge in [-0.1, -0.05) is 35.9 Å². The Morgan fingerprint density at radius 1 is 1.07 bits per heavy atom. The normalized spacial score (nSPS) is 16.9. The summed E-state index contributed by atoms with van der Waals surface area (Å²) in [4.78, 5) is 18.3. The van der Waals surface area contributed by atoms with Crippen molar-refractivity contribution in [2.75, 3.05) is 0 Å². The Kier molecular flexibility index (Phi) is 5.03. The summed E-state index contributed by atoms with van der Waals surface area (Å²) in [5, 5.41) is 15.3. The van der Waals surface area contributed by atoms with E-state index in [0.717, 1.165) is 21.7 Å². The van der Waals surface area contributed by atoms with Crippen molar-refractivity contribution >= 4 is 57.5 Å². The van der Waals surface area contributed by atoms with E-state index in [-0.39, 0.29) is 11.7 Å². The van der Waals surface area contributed by atoms with Crippen LogP contribution in [0.1, 0.15) is 5.56 Å². The number of rotatable bonds is 3. The van der Waals surface area contributed by atoms with E-state index in [1.807, 2.05) is 35.7 Å². The minimum atomic E-state index is -0.181. The van der Waals surface area contributed by atoms with Gasteiger partial charge in [-0.05, 0) is 59.3 Å². The van der Waals surface area contributed by atoms with Crippen LogP contribution in [0.3, 0.4) is 0 Å². The molecule has 2 N–H and O–H groups in total. The van der Waals surface area contributed by atoms with Crippen LogP contribution in [-0.4, -0.2) is 16.2 Å². The van der Waals surface area contributed by atoms with Crippen LogP contribution in [0, 0.1) is 0 Å². The molecule has 3 aromatic rings. The molecule has 1 aliphatic heterocycles. The molecule has 2 heterocycles. The number of carbonyl (C=O) groups excluding carboxylic acids is 1. The minimum absolute atomic E-state index is 0.181. The average molecular weight is 413 g/mol. The number of amidine groups is 1. The van der Waals surface area contributed by atoms with Crippen LogP contribution < -0.4 is 5.32 Å². The number of thioether (sulfide) groups is 1. The van der Waals surface area contributed by atoms with E-state index >= 15 is 0 Å². The van der Waals surface area contributed by atoms with Gasteiger partial charge >= 0.3 is 0 Å². The predicted molar refractivity (Wildman–Crippen MR) is 114 cm³/mol. The van der Waals surface area contributed by atoms with Gasteiger partial charge in [-0.3, -0.25) is 4.79 Å². The minimum Gasteiger partial charge on any atom is -0.508 e. The maximum absolute atomic E-state index is 12.2. The third-order valence-corrected chi connectivity index (χ3v) is 5.92. The van der Waals surface area contributed by atoms with Crippen molar-refractivity contribution < 1.29 is 9.90 Å². The van der Waals surface area contributed by atoms with E-state index in [1.165, 1.54) is 11.8 Å². The molecule has 0 radical (unpaired) electrons.